The second kappa shape index (κ2) is 8.12. The van der Waals surface area contributed by atoms with E-state index in [9.17, 15) is 4.79 Å². The van der Waals surface area contributed by atoms with Crippen molar-refractivity contribution < 1.29 is 14.3 Å². The zero-order valence-electron chi connectivity index (χ0n) is 13.6. The van der Waals surface area contributed by atoms with Crippen LogP contribution in [0.25, 0.3) is 0 Å². The monoisotopic (exact) mass is 347 g/mol. The fourth-order valence-electron chi connectivity index (χ4n) is 2.63. The summed E-state index contributed by atoms with van der Waals surface area (Å²) in [7, 11) is 1.57. The Labute approximate surface area is 145 Å². The van der Waals surface area contributed by atoms with Crippen molar-refractivity contribution in [3.63, 3.8) is 0 Å². The van der Waals surface area contributed by atoms with E-state index in [1.54, 1.807) is 30.8 Å². The molecule has 7 heteroatoms. The van der Waals surface area contributed by atoms with Crippen LogP contribution in [0, 0.1) is 0 Å². The van der Waals surface area contributed by atoms with Crippen LogP contribution in [0.15, 0.2) is 29.1 Å². The Morgan fingerprint density at radius 3 is 3.08 bits per heavy atom. The number of carbonyl (C=O) groups excluding carboxylic acids is 1. The van der Waals surface area contributed by atoms with Crippen molar-refractivity contribution in [2.24, 2.45) is 0 Å². The van der Waals surface area contributed by atoms with E-state index in [1.165, 1.54) is 11.3 Å². The molecule has 0 radical (unpaired) electrons. The third-order valence-corrected chi connectivity index (χ3v) is 4.55. The Hall–Kier alpha value is -2.12. The van der Waals surface area contributed by atoms with E-state index in [4.69, 9.17) is 9.47 Å². The van der Waals surface area contributed by atoms with Crippen LogP contribution in [0.1, 0.15) is 28.9 Å². The van der Waals surface area contributed by atoms with Gasteiger partial charge in [-0.05, 0) is 37.6 Å². The number of hydrogen-bond donors (Lipinski definition) is 2. The van der Waals surface area contributed by atoms with Gasteiger partial charge in [-0.3, -0.25) is 4.79 Å². The minimum absolute atomic E-state index is 0.0898. The van der Waals surface area contributed by atoms with Crippen LogP contribution in [-0.2, 0) is 6.61 Å². The molecule has 1 amide bonds. The van der Waals surface area contributed by atoms with Crippen LogP contribution in [0.3, 0.4) is 0 Å². The lowest BCUT2D eigenvalue weighted by molar-refractivity contribution is 0.0930. The molecule has 1 atom stereocenters. The van der Waals surface area contributed by atoms with Crippen molar-refractivity contribution in [2.45, 2.75) is 25.5 Å². The number of nitrogens with one attached hydrogen (secondary N) is 2. The average Bonchev–Trinajstić information content (AvgIpc) is 3.14. The van der Waals surface area contributed by atoms with Gasteiger partial charge in [0.1, 0.15) is 6.61 Å². The summed E-state index contributed by atoms with van der Waals surface area (Å²) >= 11 is 1.53. The van der Waals surface area contributed by atoms with Gasteiger partial charge >= 0.3 is 0 Å². The molecule has 24 heavy (non-hydrogen) atoms. The van der Waals surface area contributed by atoms with E-state index in [-0.39, 0.29) is 11.9 Å². The van der Waals surface area contributed by atoms with Gasteiger partial charge in [-0.2, -0.15) is 0 Å². The quantitative estimate of drug-likeness (QED) is 0.838. The third kappa shape index (κ3) is 4.24. The number of aromatic nitrogens is 1. The maximum absolute atomic E-state index is 12.4. The smallest absolute Gasteiger partial charge is 0.251 e. The number of piperidine rings is 1. The Balaban J connectivity index is 1.65. The maximum atomic E-state index is 12.4. The van der Waals surface area contributed by atoms with Crippen molar-refractivity contribution in [1.82, 2.24) is 15.6 Å². The molecule has 2 N–H and O–H groups in total. The molecule has 128 valence electrons. The van der Waals surface area contributed by atoms with Crippen LogP contribution >= 0.6 is 11.3 Å². The molecule has 2 aromatic rings. The first-order valence-electron chi connectivity index (χ1n) is 7.96. The molecule has 1 aliphatic rings. The van der Waals surface area contributed by atoms with Gasteiger partial charge < -0.3 is 20.1 Å². The van der Waals surface area contributed by atoms with E-state index in [1.807, 2.05) is 5.38 Å². The van der Waals surface area contributed by atoms with E-state index in [0.717, 1.165) is 31.6 Å². The highest BCUT2D eigenvalue weighted by molar-refractivity contribution is 7.07. The average molecular weight is 347 g/mol. The van der Waals surface area contributed by atoms with E-state index >= 15 is 0 Å². The normalized spacial score (nSPS) is 17.3. The van der Waals surface area contributed by atoms with E-state index < -0.39 is 0 Å². The Morgan fingerprint density at radius 1 is 1.46 bits per heavy atom. The molecule has 0 saturated carbocycles. The zero-order chi connectivity index (χ0) is 16.8. The van der Waals surface area contributed by atoms with Gasteiger partial charge in [0.15, 0.2) is 11.5 Å². The van der Waals surface area contributed by atoms with Gasteiger partial charge in [0, 0.05) is 23.5 Å². The first kappa shape index (κ1) is 16.7. The largest absolute Gasteiger partial charge is 0.493 e. The Bertz CT molecular complexity index is 670. The minimum Gasteiger partial charge on any atom is -0.493 e. The van der Waals surface area contributed by atoms with Gasteiger partial charge in [-0.15, -0.1) is 11.3 Å². The number of methoxy groups -OCH3 is 1. The highest BCUT2D eigenvalue weighted by atomic mass is 32.1. The summed E-state index contributed by atoms with van der Waals surface area (Å²) in [5.41, 5.74) is 3.20. The Kier molecular flexibility index (Phi) is 5.66. The molecule has 0 aliphatic carbocycles. The van der Waals surface area contributed by atoms with Gasteiger partial charge in [0.2, 0.25) is 0 Å². The van der Waals surface area contributed by atoms with Crippen molar-refractivity contribution in [3.05, 3.63) is 40.3 Å². The lowest BCUT2D eigenvalue weighted by Gasteiger charge is -2.24. The molecular formula is C17H21N3O3S. The van der Waals surface area contributed by atoms with Crippen LogP contribution < -0.4 is 20.1 Å². The fraction of sp³-hybridized carbons (Fsp3) is 0.412. The minimum atomic E-state index is -0.0898. The molecule has 3 rings (SSSR count). The first-order chi connectivity index (χ1) is 11.8. The number of ether oxygens (including phenoxy) is 2. The molecule has 1 unspecified atom stereocenters. The molecule has 1 aromatic heterocycles. The predicted molar refractivity (Wildman–Crippen MR) is 92.8 cm³/mol. The summed E-state index contributed by atoms with van der Waals surface area (Å²) in [6.45, 7) is 2.21. The van der Waals surface area contributed by atoms with Crippen LogP contribution in [0.5, 0.6) is 11.5 Å². The van der Waals surface area contributed by atoms with Gasteiger partial charge in [0.05, 0.1) is 18.3 Å². The van der Waals surface area contributed by atoms with Gasteiger partial charge in [-0.1, -0.05) is 0 Å². The van der Waals surface area contributed by atoms with E-state index in [0.29, 0.717) is 23.7 Å². The summed E-state index contributed by atoms with van der Waals surface area (Å²) in [6.07, 6.45) is 2.09. The summed E-state index contributed by atoms with van der Waals surface area (Å²) in [5, 5.41) is 8.28. The zero-order valence-corrected chi connectivity index (χ0v) is 14.4. The third-order valence-electron chi connectivity index (χ3n) is 3.92. The van der Waals surface area contributed by atoms with Gasteiger partial charge in [-0.25, -0.2) is 4.98 Å². The molecule has 2 heterocycles. The predicted octanol–water partition coefficient (Wildman–Crippen LogP) is 2.21. The number of rotatable bonds is 6. The topological polar surface area (TPSA) is 72.5 Å². The first-order valence-corrected chi connectivity index (χ1v) is 8.90. The van der Waals surface area contributed by atoms with Crippen molar-refractivity contribution in [1.29, 1.82) is 0 Å². The van der Waals surface area contributed by atoms with Gasteiger partial charge in [0.25, 0.3) is 5.91 Å². The van der Waals surface area contributed by atoms with Crippen molar-refractivity contribution >= 4 is 17.2 Å². The maximum Gasteiger partial charge on any atom is 0.251 e. The molecule has 0 bridgehead atoms. The number of benzene rings is 1. The molecular weight excluding hydrogens is 326 g/mol. The van der Waals surface area contributed by atoms with Crippen LogP contribution in [-0.4, -0.2) is 37.1 Å². The number of carbonyl (C=O) groups is 1. The number of hydrogen-bond acceptors (Lipinski definition) is 6. The molecule has 1 saturated heterocycles. The molecule has 0 spiro atoms. The van der Waals surface area contributed by atoms with Crippen LogP contribution in [0.4, 0.5) is 0 Å². The number of nitrogens with zero attached hydrogens (tertiary/aromatic N) is 1. The highest BCUT2D eigenvalue weighted by Crippen LogP contribution is 2.29. The highest BCUT2D eigenvalue weighted by Gasteiger charge is 2.17. The fourth-order valence-corrected chi connectivity index (χ4v) is 3.18. The SMILES string of the molecule is COc1cc(C(=O)NC2CCCNC2)ccc1OCc1cscn1. The molecule has 1 fully saturated rings. The molecule has 6 nitrogen and oxygen atoms in total. The lowest BCUT2D eigenvalue weighted by Crippen LogP contribution is -2.45. The number of amides is 1. The summed E-state index contributed by atoms with van der Waals surface area (Å²) in [5.74, 6) is 1.05. The summed E-state index contributed by atoms with van der Waals surface area (Å²) in [6, 6.07) is 5.41. The van der Waals surface area contributed by atoms with Crippen molar-refractivity contribution in [2.75, 3.05) is 20.2 Å². The summed E-state index contributed by atoms with van der Waals surface area (Å²) < 4.78 is 11.1. The second-order valence-corrected chi connectivity index (χ2v) is 6.37. The van der Waals surface area contributed by atoms with E-state index in [2.05, 4.69) is 15.6 Å². The molecule has 1 aromatic carbocycles. The molecule has 1 aliphatic heterocycles. The van der Waals surface area contributed by atoms with Crippen LogP contribution in [0.2, 0.25) is 0 Å². The standard InChI is InChI=1S/C17H21N3O3S/c1-22-16-7-12(17(21)20-13-3-2-6-18-8-13)4-5-15(16)23-9-14-10-24-11-19-14/h4-5,7,10-11,13,18H,2-3,6,8-9H2,1H3,(H,20,21). The summed E-state index contributed by atoms with van der Waals surface area (Å²) in [4.78, 5) is 16.6. The Morgan fingerprint density at radius 2 is 2.38 bits per heavy atom. The van der Waals surface area contributed by atoms with Crippen molar-refractivity contribution in [3.8, 4) is 11.5 Å². The number of thiazole rings is 1. The lowest BCUT2D eigenvalue weighted by atomic mass is 10.1. The second-order valence-electron chi connectivity index (χ2n) is 5.65.